The zero-order valence-corrected chi connectivity index (χ0v) is 30.5. The highest BCUT2D eigenvalue weighted by molar-refractivity contribution is 5.88. The second-order valence-corrected chi connectivity index (χ2v) is 17.1. The predicted octanol–water partition coefficient (Wildman–Crippen LogP) is 14.0. The molecule has 10 rings (SSSR count). The van der Waals surface area contributed by atoms with Gasteiger partial charge in [-0.3, -0.25) is 0 Å². The van der Waals surface area contributed by atoms with Gasteiger partial charge in [0.15, 0.2) is 0 Å². The molecule has 51 heavy (non-hydrogen) atoms. The van der Waals surface area contributed by atoms with Crippen molar-refractivity contribution in [3.05, 3.63) is 143 Å². The molecule has 0 amide bonds. The van der Waals surface area contributed by atoms with Crippen LogP contribution in [0.15, 0.2) is 109 Å². The molecule has 0 spiro atoms. The number of benzene rings is 5. The second-order valence-electron chi connectivity index (χ2n) is 17.1. The second kappa shape index (κ2) is 12.4. The average molecular weight is 666 g/mol. The first-order valence-electron chi connectivity index (χ1n) is 20.1. The van der Waals surface area contributed by atoms with E-state index in [2.05, 4.69) is 134 Å². The van der Waals surface area contributed by atoms with Crippen molar-refractivity contribution in [1.82, 2.24) is 0 Å². The Balaban J connectivity index is 1.05. The molecule has 3 fully saturated rings. The number of fused-ring (bicyclic) bond motifs is 6. The highest BCUT2D eigenvalue weighted by Crippen LogP contribution is 2.54. The van der Waals surface area contributed by atoms with Crippen molar-refractivity contribution in [3.63, 3.8) is 0 Å². The first kappa shape index (κ1) is 31.4. The quantitative estimate of drug-likeness (QED) is 0.174. The van der Waals surface area contributed by atoms with Crippen molar-refractivity contribution in [2.75, 3.05) is 4.90 Å². The van der Waals surface area contributed by atoms with E-state index < -0.39 is 0 Å². The molecule has 2 bridgehead atoms. The van der Waals surface area contributed by atoms with Crippen molar-refractivity contribution < 1.29 is 0 Å². The molecule has 1 heteroatoms. The Morgan fingerprint density at radius 3 is 2.20 bits per heavy atom. The van der Waals surface area contributed by atoms with E-state index >= 15 is 0 Å². The van der Waals surface area contributed by atoms with Crippen LogP contribution in [0.5, 0.6) is 0 Å². The molecular weight excluding hydrogens is 615 g/mol. The standard InChI is InChI=1S/C50H51N/c1-50(2)47-31-39(38-19-18-34-10-6-7-13-37(34)30-38)22-26-44(47)45-27-25-42(32-48(45)50)51(49-15-9-8-14-43(49)35-11-4-3-5-12-35)41-23-20-36(21-24-41)46-29-33-16-17-40(46)28-33/h7-9,13-15,18-27,30-33,35,40,46H,3-6,10-12,16-17,28-29H2,1-2H3. The number of hydrogen-bond acceptors (Lipinski definition) is 1. The summed E-state index contributed by atoms with van der Waals surface area (Å²) >= 11 is 0. The third-order valence-corrected chi connectivity index (χ3v) is 13.8. The van der Waals surface area contributed by atoms with Crippen LogP contribution in [0.3, 0.4) is 0 Å². The van der Waals surface area contributed by atoms with Crippen molar-refractivity contribution in [1.29, 1.82) is 0 Å². The molecule has 0 radical (unpaired) electrons. The first-order valence-corrected chi connectivity index (χ1v) is 20.1. The van der Waals surface area contributed by atoms with Crippen LogP contribution in [0.1, 0.15) is 123 Å². The number of aryl methyl sites for hydroxylation is 1. The Hall–Kier alpha value is -4.36. The summed E-state index contributed by atoms with van der Waals surface area (Å²) in [6, 6.07) is 40.8. The Morgan fingerprint density at radius 1 is 0.647 bits per heavy atom. The topological polar surface area (TPSA) is 3.24 Å². The molecule has 0 N–H and O–H groups in total. The predicted molar refractivity (Wildman–Crippen MR) is 215 cm³/mol. The summed E-state index contributed by atoms with van der Waals surface area (Å²) in [6.07, 6.45) is 19.3. The first-order chi connectivity index (χ1) is 25.0. The van der Waals surface area contributed by atoms with Gasteiger partial charge in [0, 0.05) is 22.5 Å². The highest BCUT2D eigenvalue weighted by atomic mass is 15.1. The van der Waals surface area contributed by atoms with Crippen LogP contribution in [0.25, 0.3) is 28.3 Å². The maximum Gasteiger partial charge on any atom is 0.0496 e. The zero-order chi connectivity index (χ0) is 34.1. The van der Waals surface area contributed by atoms with Crippen molar-refractivity contribution in [2.45, 2.75) is 102 Å². The zero-order valence-electron chi connectivity index (χ0n) is 30.5. The summed E-state index contributed by atoms with van der Waals surface area (Å²) in [7, 11) is 0. The summed E-state index contributed by atoms with van der Waals surface area (Å²) in [5, 5.41) is 0. The molecule has 3 atom stereocenters. The Morgan fingerprint density at radius 2 is 1.39 bits per heavy atom. The van der Waals surface area contributed by atoms with E-state index in [1.54, 1.807) is 5.56 Å². The lowest BCUT2D eigenvalue weighted by atomic mass is 9.81. The minimum atomic E-state index is -0.106. The normalized spacial score (nSPS) is 22.8. The number of allylic oxidation sites excluding steroid dienone is 1. The molecule has 0 aliphatic heterocycles. The molecule has 0 saturated heterocycles. The molecule has 3 unspecified atom stereocenters. The van der Waals surface area contributed by atoms with Gasteiger partial charge >= 0.3 is 0 Å². The maximum absolute atomic E-state index is 2.60. The van der Waals surface area contributed by atoms with Crippen molar-refractivity contribution >= 4 is 23.1 Å². The van der Waals surface area contributed by atoms with Crippen LogP contribution in [-0.2, 0) is 11.8 Å². The molecule has 5 aromatic rings. The number of nitrogens with zero attached hydrogens (tertiary/aromatic N) is 1. The maximum atomic E-state index is 2.60. The monoisotopic (exact) mass is 665 g/mol. The molecule has 256 valence electrons. The van der Waals surface area contributed by atoms with Gasteiger partial charge < -0.3 is 4.90 Å². The lowest BCUT2D eigenvalue weighted by molar-refractivity contribution is 0.420. The van der Waals surface area contributed by atoms with Gasteiger partial charge in [0.1, 0.15) is 0 Å². The van der Waals surface area contributed by atoms with Crippen LogP contribution in [0.4, 0.5) is 17.1 Å². The van der Waals surface area contributed by atoms with E-state index in [4.69, 9.17) is 0 Å². The summed E-state index contributed by atoms with van der Waals surface area (Å²) in [4.78, 5) is 2.60. The third-order valence-electron chi connectivity index (χ3n) is 13.8. The molecule has 0 aromatic heterocycles. The lowest BCUT2D eigenvalue weighted by Gasteiger charge is -2.33. The highest BCUT2D eigenvalue weighted by Gasteiger charge is 2.40. The Kier molecular flexibility index (Phi) is 7.63. The molecule has 5 aliphatic carbocycles. The summed E-state index contributed by atoms with van der Waals surface area (Å²) < 4.78 is 0. The number of hydrogen-bond donors (Lipinski definition) is 0. The van der Waals surface area contributed by atoms with Crippen LogP contribution in [-0.4, -0.2) is 0 Å². The van der Waals surface area contributed by atoms with Gasteiger partial charge in [-0.2, -0.15) is 0 Å². The van der Waals surface area contributed by atoms with Gasteiger partial charge in [-0.05, 0) is 167 Å². The van der Waals surface area contributed by atoms with Gasteiger partial charge in [0.25, 0.3) is 0 Å². The molecule has 5 aliphatic rings. The third kappa shape index (κ3) is 5.34. The SMILES string of the molecule is CC1(C)c2cc(-c3ccc4c(c3)C=CCC4)ccc2-c2ccc(N(c3ccc(C4CC5CCC4C5)cc3)c3ccccc3C3CCCCC3)cc21. The minimum Gasteiger partial charge on any atom is -0.310 e. The summed E-state index contributed by atoms with van der Waals surface area (Å²) in [5.41, 5.74) is 18.0. The fraction of sp³-hybridized carbons (Fsp3) is 0.360. The van der Waals surface area contributed by atoms with Gasteiger partial charge in [-0.25, -0.2) is 0 Å². The molecular formula is C50H51N. The number of para-hydroxylation sites is 1. The van der Waals surface area contributed by atoms with Crippen LogP contribution < -0.4 is 4.90 Å². The largest absolute Gasteiger partial charge is 0.310 e. The van der Waals surface area contributed by atoms with Crippen molar-refractivity contribution in [2.24, 2.45) is 11.8 Å². The number of anilines is 3. The molecule has 0 heterocycles. The average Bonchev–Trinajstić information content (AvgIpc) is 3.88. The lowest BCUT2D eigenvalue weighted by Crippen LogP contribution is -2.18. The van der Waals surface area contributed by atoms with Crippen LogP contribution >= 0.6 is 0 Å². The van der Waals surface area contributed by atoms with E-state index in [1.165, 1.54) is 125 Å². The smallest absolute Gasteiger partial charge is 0.0496 e. The van der Waals surface area contributed by atoms with Crippen LogP contribution in [0, 0.1) is 11.8 Å². The van der Waals surface area contributed by atoms with E-state index in [-0.39, 0.29) is 5.41 Å². The Bertz CT molecular complexity index is 2140. The molecule has 1 nitrogen and oxygen atoms in total. The van der Waals surface area contributed by atoms with E-state index in [9.17, 15) is 0 Å². The molecule has 3 saturated carbocycles. The minimum absolute atomic E-state index is 0.106. The van der Waals surface area contributed by atoms with Gasteiger partial charge in [0.05, 0.1) is 0 Å². The van der Waals surface area contributed by atoms with Crippen LogP contribution in [0.2, 0.25) is 0 Å². The fourth-order valence-electron chi connectivity index (χ4n) is 11.1. The fourth-order valence-corrected chi connectivity index (χ4v) is 11.1. The molecule has 5 aromatic carbocycles. The van der Waals surface area contributed by atoms with Gasteiger partial charge in [-0.15, -0.1) is 0 Å². The number of rotatable bonds is 6. The van der Waals surface area contributed by atoms with E-state index in [1.807, 2.05) is 0 Å². The van der Waals surface area contributed by atoms with E-state index in [0.29, 0.717) is 5.92 Å². The summed E-state index contributed by atoms with van der Waals surface area (Å²) in [5.74, 6) is 3.24. The van der Waals surface area contributed by atoms with E-state index in [0.717, 1.165) is 30.6 Å². The van der Waals surface area contributed by atoms with Crippen molar-refractivity contribution in [3.8, 4) is 22.3 Å². The van der Waals surface area contributed by atoms with Gasteiger partial charge in [0.2, 0.25) is 0 Å². The Labute approximate surface area is 305 Å². The van der Waals surface area contributed by atoms with Gasteiger partial charge in [-0.1, -0.05) is 112 Å². The summed E-state index contributed by atoms with van der Waals surface area (Å²) in [6.45, 7) is 4.87.